The molecule has 5 nitrogen and oxygen atoms in total. The number of ether oxygens (including phenoxy) is 1. The van der Waals surface area contributed by atoms with Gasteiger partial charge in [-0.2, -0.15) is 4.31 Å². The predicted octanol–water partition coefficient (Wildman–Crippen LogP) is 1.91. The standard InChI is InChI=1S/C14H21ClN2O3S/c1-10-11(8-16)6-12(15)7-13(10)21(18,19)17-4-5-20-14(2,3)9-17/h6-7H,4-5,8-9,16H2,1-3H3. The molecule has 1 aromatic carbocycles. The van der Waals surface area contributed by atoms with Crippen LogP contribution in [0.5, 0.6) is 0 Å². The normalized spacial score (nSPS) is 19.7. The lowest BCUT2D eigenvalue weighted by atomic mass is 10.1. The molecule has 1 heterocycles. The van der Waals surface area contributed by atoms with Gasteiger partial charge < -0.3 is 10.5 Å². The van der Waals surface area contributed by atoms with Crippen LogP contribution in [-0.2, 0) is 21.3 Å². The Labute approximate surface area is 131 Å². The average molecular weight is 333 g/mol. The van der Waals surface area contributed by atoms with E-state index in [-0.39, 0.29) is 11.4 Å². The van der Waals surface area contributed by atoms with Crippen LogP contribution in [0.4, 0.5) is 0 Å². The highest BCUT2D eigenvalue weighted by molar-refractivity contribution is 7.89. The van der Waals surface area contributed by atoms with E-state index in [9.17, 15) is 8.42 Å². The van der Waals surface area contributed by atoms with Crippen molar-refractivity contribution in [3.63, 3.8) is 0 Å². The van der Waals surface area contributed by atoms with Crippen molar-refractivity contribution in [2.75, 3.05) is 19.7 Å². The number of halogens is 1. The second-order valence-electron chi connectivity index (χ2n) is 5.84. The summed E-state index contributed by atoms with van der Waals surface area (Å²) in [7, 11) is -3.61. The van der Waals surface area contributed by atoms with E-state index in [1.54, 1.807) is 13.0 Å². The van der Waals surface area contributed by atoms with Gasteiger partial charge >= 0.3 is 0 Å². The van der Waals surface area contributed by atoms with Crippen LogP contribution in [0.2, 0.25) is 5.02 Å². The van der Waals surface area contributed by atoms with E-state index >= 15 is 0 Å². The molecule has 1 saturated heterocycles. The van der Waals surface area contributed by atoms with Crippen molar-refractivity contribution in [1.29, 1.82) is 0 Å². The van der Waals surface area contributed by atoms with Crippen LogP contribution in [0.15, 0.2) is 17.0 Å². The van der Waals surface area contributed by atoms with Crippen LogP contribution in [0.25, 0.3) is 0 Å². The molecule has 21 heavy (non-hydrogen) atoms. The van der Waals surface area contributed by atoms with Crippen molar-refractivity contribution in [2.45, 2.75) is 37.8 Å². The molecule has 2 rings (SSSR count). The third-order valence-corrected chi connectivity index (χ3v) is 5.85. The minimum Gasteiger partial charge on any atom is -0.373 e. The quantitative estimate of drug-likeness (QED) is 0.917. The molecule has 1 aromatic rings. The number of hydrogen-bond donors (Lipinski definition) is 1. The van der Waals surface area contributed by atoms with Gasteiger partial charge in [0.2, 0.25) is 10.0 Å². The second kappa shape index (κ2) is 5.85. The van der Waals surface area contributed by atoms with E-state index in [1.807, 2.05) is 13.8 Å². The zero-order valence-electron chi connectivity index (χ0n) is 12.5. The van der Waals surface area contributed by atoms with Crippen LogP contribution < -0.4 is 5.73 Å². The van der Waals surface area contributed by atoms with Gasteiger partial charge in [0.25, 0.3) is 0 Å². The van der Waals surface area contributed by atoms with Crippen molar-refractivity contribution in [3.8, 4) is 0 Å². The van der Waals surface area contributed by atoms with Gasteiger partial charge in [-0.25, -0.2) is 8.42 Å². The molecule has 0 spiro atoms. The molecule has 0 amide bonds. The fourth-order valence-electron chi connectivity index (χ4n) is 2.51. The maximum atomic E-state index is 12.9. The summed E-state index contributed by atoms with van der Waals surface area (Å²) in [6.07, 6.45) is 0. The van der Waals surface area contributed by atoms with Gasteiger partial charge in [0.1, 0.15) is 0 Å². The highest BCUT2D eigenvalue weighted by atomic mass is 35.5. The van der Waals surface area contributed by atoms with E-state index in [0.717, 1.165) is 5.56 Å². The molecule has 2 N–H and O–H groups in total. The molecule has 0 aliphatic carbocycles. The summed E-state index contributed by atoms with van der Waals surface area (Å²) in [6.45, 7) is 6.82. The van der Waals surface area contributed by atoms with Crippen molar-refractivity contribution in [2.24, 2.45) is 5.73 Å². The fourth-order valence-corrected chi connectivity index (χ4v) is 4.68. The van der Waals surface area contributed by atoms with Crippen LogP contribution in [0.1, 0.15) is 25.0 Å². The zero-order valence-corrected chi connectivity index (χ0v) is 14.1. The van der Waals surface area contributed by atoms with Crippen molar-refractivity contribution < 1.29 is 13.2 Å². The number of rotatable bonds is 3. The summed E-state index contributed by atoms with van der Waals surface area (Å²) in [5, 5.41) is 0.382. The van der Waals surface area contributed by atoms with E-state index < -0.39 is 15.6 Å². The molecule has 1 fully saturated rings. The summed E-state index contributed by atoms with van der Waals surface area (Å²) in [6, 6.07) is 3.20. The largest absolute Gasteiger partial charge is 0.373 e. The Kier molecular flexibility index (Phi) is 4.66. The van der Waals surface area contributed by atoms with Gasteiger partial charge in [0.15, 0.2) is 0 Å². The number of hydrogen-bond acceptors (Lipinski definition) is 4. The first-order valence-corrected chi connectivity index (χ1v) is 8.62. The molecule has 0 radical (unpaired) electrons. The van der Waals surface area contributed by atoms with Gasteiger partial charge in [-0.1, -0.05) is 11.6 Å². The summed E-state index contributed by atoms with van der Waals surface area (Å²) in [5.41, 5.74) is 6.58. The van der Waals surface area contributed by atoms with Gasteiger partial charge in [-0.3, -0.25) is 0 Å². The molecular weight excluding hydrogens is 312 g/mol. The number of sulfonamides is 1. The Hall–Kier alpha value is -0.660. The SMILES string of the molecule is Cc1c(CN)cc(Cl)cc1S(=O)(=O)N1CCOC(C)(C)C1. The van der Waals surface area contributed by atoms with Crippen molar-refractivity contribution >= 4 is 21.6 Å². The fraction of sp³-hybridized carbons (Fsp3) is 0.571. The predicted molar refractivity (Wildman–Crippen MR) is 82.9 cm³/mol. The van der Waals surface area contributed by atoms with Crippen molar-refractivity contribution in [3.05, 3.63) is 28.3 Å². The highest BCUT2D eigenvalue weighted by Crippen LogP contribution is 2.29. The summed E-state index contributed by atoms with van der Waals surface area (Å²) >= 11 is 6.04. The average Bonchev–Trinajstić information content (AvgIpc) is 2.39. The smallest absolute Gasteiger partial charge is 0.243 e. The third kappa shape index (κ3) is 3.40. The maximum Gasteiger partial charge on any atom is 0.243 e. The third-order valence-electron chi connectivity index (χ3n) is 3.66. The Morgan fingerprint density at radius 3 is 2.67 bits per heavy atom. The Bertz CT molecular complexity index is 644. The first-order chi connectivity index (χ1) is 9.67. The molecule has 118 valence electrons. The Morgan fingerprint density at radius 2 is 2.10 bits per heavy atom. The second-order valence-corrected chi connectivity index (χ2v) is 8.18. The summed E-state index contributed by atoms with van der Waals surface area (Å²) < 4.78 is 32.8. The number of nitrogens with two attached hydrogens (primary N) is 1. The number of morpholine rings is 1. The van der Waals surface area contributed by atoms with Crippen molar-refractivity contribution in [1.82, 2.24) is 4.31 Å². The first-order valence-electron chi connectivity index (χ1n) is 6.80. The molecular formula is C14H21ClN2O3S. The van der Waals surface area contributed by atoms with E-state index in [2.05, 4.69) is 0 Å². The van der Waals surface area contributed by atoms with Gasteiger partial charge in [-0.05, 0) is 44.0 Å². The zero-order chi connectivity index (χ0) is 15.8. The monoisotopic (exact) mass is 332 g/mol. The first kappa shape index (κ1) is 16.7. The molecule has 0 bridgehead atoms. The molecule has 0 saturated carbocycles. The van der Waals surface area contributed by atoms with Gasteiger partial charge in [-0.15, -0.1) is 0 Å². The minimum absolute atomic E-state index is 0.230. The lowest BCUT2D eigenvalue weighted by molar-refractivity contribution is -0.0640. The van der Waals surface area contributed by atoms with Crippen LogP contribution in [0, 0.1) is 6.92 Å². The van der Waals surface area contributed by atoms with E-state index in [1.165, 1.54) is 10.4 Å². The van der Waals surface area contributed by atoms with Gasteiger partial charge in [0, 0.05) is 24.7 Å². The van der Waals surface area contributed by atoms with E-state index in [0.29, 0.717) is 30.3 Å². The summed E-state index contributed by atoms with van der Waals surface area (Å²) in [4.78, 5) is 0.230. The minimum atomic E-state index is -3.61. The number of benzene rings is 1. The van der Waals surface area contributed by atoms with Crippen LogP contribution in [0.3, 0.4) is 0 Å². The molecule has 7 heteroatoms. The molecule has 1 aliphatic rings. The van der Waals surface area contributed by atoms with Crippen LogP contribution >= 0.6 is 11.6 Å². The molecule has 1 aliphatic heterocycles. The van der Waals surface area contributed by atoms with Crippen LogP contribution in [-0.4, -0.2) is 38.0 Å². The topological polar surface area (TPSA) is 72.6 Å². The lowest BCUT2D eigenvalue weighted by Gasteiger charge is -2.37. The maximum absolute atomic E-state index is 12.9. The highest BCUT2D eigenvalue weighted by Gasteiger charge is 2.35. The lowest BCUT2D eigenvalue weighted by Crippen LogP contribution is -2.50. The molecule has 0 unspecified atom stereocenters. The Morgan fingerprint density at radius 1 is 1.43 bits per heavy atom. The Balaban J connectivity index is 2.47. The van der Waals surface area contributed by atoms with Gasteiger partial charge in [0.05, 0.1) is 17.1 Å². The number of nitrogens with zero attached hydrogens (tertiary/aromatic N) is 1. The summed E-state index contributed by atoms with van der Waals surface area (Å²) in [5.74, 6) is 0. The van der Waals surface area contributed by atoms with E-state index in [4.69, 9.17) is 22.1 Å². The molecule has 0 atom stereocenters. The molecule has 0 aromatic heterocycles.